The van der Waals surface area contributed by atoms with Crippen molar-refractivity contribution in [3.05, 3.63) is 34.5 Å². The highest BCUT2D eigenvalue weighted by Gasteiger charge is 2.19. The number of benzene rings is 1. The molecule has 3 rings (SSSR count). The Kier molecular flexibility index (Phi) is 1.52. The largest absolute Gasteiger partial charge is 0.358 e. The van der Waals surface area contributed by atoms with E-state index in [0.717, 1.165) is 6.42 Å². The molecular weight excluding hydrogens is 170 g/mol. The van der Waals surface area contributed by atoms with E-state index in [4.69, 9.17) is 0 Å². The highest BCUT2D eigenvalue weighted by atomic mass is 14.7. The number of aromatic amines is 1. The fraction of sp³-hybridized carbons (Fsp3) is 0.385. The van der Waals surface area contributed by atoms with Gasteiger partial charge >= 0.3 is 0 Å². The molecule has 0 fully saturated rings. The molecule has 0 amide bonds. The first-order valence-electron chi connectivity index (χ1n) is 5.43. The SMILES string of the molecule is CCc1[nH]c2ccc3c(c2c1C)CC3. The molecule has 1 nitrogen and oxygen atoms in total. The molecule has 1 aliphatic rings. The van der Waals surface area contributed by atoms with Gasteiger partial charge in [0, 0.05) is 16.6 Å². The lowest BCUT2D eigenvalue weighted by Crippen LogP contribution is -2.08. The van der Waals surface area contributed by atoms with Crippen LogP contribution in [0.2, 0.25) is 0 Å². The summed E-state index contributed by atoms with van der Waals surface area (Å²) >= 11 is 0. The van der Waals surface area contributed by atoms with E-state index < -0.39 is 0 Å². The standard InChI is InChI=1S/C13H15N/c1-3-11-8(2)13-10-6-4-9(10)5-7-12(13)14-11/h5,7,14H,3-4,6H2,1-2H3. The lowest BCUT2D eigenvalue weighted by molar-refractivity contribution is 0.851. The van der Waals surface area contributed by atoms with Crippen LogP contribution < -0.4 is 0 Å². The molecule has 0 saturated carbocycles. The Hall–Kier alpha value is -1.24. The smallest absolute Gasteiger partial charge is 0.0461 e. The van der Waals surface area contributed by atoms with Gasteiger partial charge in [0.25, 0.3) is 0 Å². The van der Waals surface area contributed by atoms with Crippen molar-refractivity contribution >= 4 is 10.9 Å². The zero-order chi connectivity index (χ0) is 9.71. The molecule has 1 aromatic carbocycles. The first kappa shape index (κ1) is 8.10. The maximum Gasteiger partial charge on any atom is 0.0461 e. The van der Waals surface area contributed by atoms with Gasteiger partial charge < -0.3 is 4.98 Å². The molecule has 1 N–H and O–H groups in total. The second-order valence-electron chi connectivity index (χ2n) is 4.21. The molecule has 0 spiro atoms. The van der Waals surface area contributed by atoms with E-state index in [1.807, 2.05) is 0 Å². The number of fused-ring (bicyclic) bond motifs is 3. The highest BCUT2D eigenvalue weighted by molar-refractivity contribution is 5.90. The third kappa shape index (κ3) is 0.848. The lowest BCUT2D eigenvalue weighted by atomic mass is 9.85. The van der Waals surface area contributed by atoms with E-state index >= 15 is 0 Å². The first-order valence-corrected chi connectivity index (χ1v) is 5.43. The van der Waals surface area contributed by atoms with E-state index in [1.54, 1.807) is 11.1 Å². The molecule has 0 radical (unpaired) electrons. The van der Waals surface area contributed by atoms with E-state index in [1.165, 1.54) is 35.0 Å². The topological polar surface area (TPSA) is 15.8 Å². The lowest BCUT2D eigenvalue weighted by Gasteiger charge is -2.19. The first-order chi connectivity index (χ1) is 6.81. The zero-order valence-electron chi connectivity index (χ0n) is 8.78. The maximum atomic E-state index is 3.52. The fourth-order valence-corrected chi connectivity index (χ4v) is 2.59. The van der Waals surface area contributed by atoms with Crippen LogP contribution in [0.3, 0.4) is 0 Å². The van der Waals surface area contributed by atoms with Crippen LogP contribution in [0, 0.1) is 6.92 Å². The number of hydrogen-bond donors (Lipinski definition) is 1. The molecule has 1 heterocycles. The monoisotopic (exact) mass is 185 g/mol. The second kappa shape index (κ2) is 2.63. The fourth-order valence-electron chi connectivity index (χ4n) is 2.59. The molecule has 0 saturated heterocycles. The number of aromatic nitrogens is 1. The molecule has 2 aromatic rings. The summed E-state index contributed by atoms with van der Waals surface area (Å²) < 4.78 is 0. The molecule has 72 valence electrons. The quantitative estimate of drug-likeness (QED) is 0.702. The Bertz CT molecular complexity index is 505. The molecule has 1 heteroatoms. The van der Waals surface area contributed by atoms with E-state index in [0.29, 0.717) is 0 Å². The van der Waals surface area contributed by atoms with Gasteiger partial charge in [-0.15, -0.1) is 0 Å². The summed E-state index contributed by atoms with van der Waals surface area (Å²) in [5, 5.41) is 1.51. The number of aryl methyl sites for hydroxylation is 4. The molecule has 0 aliphatic heterocycles. The van der Waals surface area contributed by atoms with Crippen LogP contribution in [0.5, 0.6) is 0 Å². The molecule has 0 unspecified atom stereocenters. The molecule has 1 aliphatic carbocycles. The van der Waals surface area contributed by atoms with Crippen LogP contribution in [-0.4, -0.2) is 4.98 Å². The summed E-state index contributed by atoms with van der Waals surface area (Å²) in [6.45, 7) is 4.46. The summed E-state index contributed by atoms with van der Waals surface area (Å²) in [6, 6.07) is 4.51. The zero-order valence-corrected chi connectivity index (χ0v) is 8.78. The van der Waals surface area contributed by atoms with Crippen molar-refractivity contribution in [1.82, 2.24) is 4.98 Å². The van der Waals surface area contributed by atoms with Crippen LogP contribution in [0.15, 0.2) is 12.1 Å². The van der Waals surface area contributed by atoms with Crippen LogP contribution in [0.1, 0.15) is 29.3 Å². The third-order valence-corrected chi connectivity index (χ3v) is 3.52. The maximum absolute atomic E-state index is 3.52. The van der Waals surface area contributed by atoms with Crippen molar-refractivity contribution in [2.45, 2.75) is 33.1 Å². The van der Waals surface area contributed by atoms with Gasteiger partial charge in [-0.2, -0.15) is 0 Å². The van der Waals surface area contributed by atoms with Crippen molar-refractivity contribution < 1.29 is 0 Å². The molecular formula is C13H15N. The van der Waals surface area contributed by atoms with E-state index in [9.17, 15) is 0 Å². The predicted octanol–water partition coefficient (Wildman–Crippen LogP) is 3.14. The average Bonchev–Trinajstić information content (AvgIpc) is 2.44. The minimum absolute atomic E-state index is 1.11. The summed E-state index contributed by atoms with van der Waals surface area (Å²) in [7, 11) is 0. The van der Waals surface area contributed by atoms with Gasteiger partial charge in [-0.3, -0.25) is 0 Å². The molecule has 1 aromatic heterocycles. The highest BCUT2D eigenvalue weighted by Crippen LogP contribution is 2.34. The Morgan fingerprint density at radius 3 is 2.79 bits per heavy atom. The van der Waals surface area contributed by atoms with Crippen LogP contribution in [0.25, 0.3) is 10.9 Å². The molecule has 0 atom stereocenters. The summed E-state index contributed by atoms with van der Waals surface area (Å²) in [5.74, 6) is 0. The van der Waals surface area contributed by atoms with Gasteiger partial charge in [0.2, 0.25) is 0 Å². The van der Waals surface area contributed by atoms with Gasteiger partial charge in [0.1, 0.15) is 0 Å². The number of H-pyrrole nitrogens is 1. The Morgan fingerprint density at radius 2 is 2.14 bits per heavy atom. The Balaban J connectivity index is 2.41. The van der Waals surface area contributed by atoms with Crippen LogP contribution >= 0.6 is 0 Å². The number of hydrogen-bond acceptors (Lipinski definition) is 0. The van der Waals surface area contributed by atoms with Crippen LogP contribution in [0.4, 0.5) is 0 Å². The minimum Gasteiger partial charge on any atom is -0.358 e. The minimum atomic E-state index is 1.11. The third-order valence-electron chi connectivity index (χ3n) is 3.52. The average molecular weight is 185 g/mol. The van der Waals surface area contributed by atoms with Gasteiger partial charge in [0.05, 0.1) is 0 Å². The second-order valence-corrected chi connectivity index (χ2v) is 4.21. The van der Waals surface area contributed by atoms with Crippen LogP contribution in [-0.2, 0) is 19.3 Å². The summed E-state index contributed by atoms with van der Waals surface area (Å²) in [4.78, 5) is 3.52. The number of rotatable bonds is 1. The normalized spacial score (nSPS) is 14.1. The molecule has 0 bridgehead atoms. The summed E-state index contributed by atoms with van der Waals surface area (Å²) in [6.07, 6.45) is 3.65. The molecule has 14 heavy (non-hydrogen) atoms. The van der Waals surface area contributed by atoms with Gasteiger partial charge in [-0.05, 0) is 48.9 Å². The van der Waals surface area contributed by atoms with E-state index in [2.05, 4.69) is 31.0 Å². The van der Waals surface area contributed by atoms with Gasteiger partial charge in [-0.1, -0.05) is 13.0 Å². The summed E-state index contributed by atoms with van der Waals surface area (Å²) in [5.41, 5.74) is 7.36. The number of nitrogens with one attached hydrogen (secondary N) is 1. The Morgan fingerprint density at radius 1 is 1.29 bits per heavy atom. The van der Waals surface area contributed by atoms with Crippen molar-refractivity contribution in [3.63, 3.8) is 0 Å². The Labute approximate surface area is 84.1 Å². The predicted molar refractivity (Wildman–Crippen MR) is 59.8 cm³/mol. The van der Waals surface area contributed by atoms with E-state index in [-0.39, 0.29) is 0 Å². The van der Waals surface area contributed by atoms with Crippen molar-refractivity contribution in [1.29, 1.82) is 0 Å². The van der Waals surface area contributed by atoms with Crippen molar-refractivity contribution in [3.8, 4) is 0 Å². The van der Waals surface area contributed by atoms with Gasteiger partial charge in [-0.25, -0.2) is 0 Å². The van der Waals surface area contributed by atoms with Gasteiger partial charge in [0.15, 0.2) is 0 Å². The van der Waals surface area contributed by atoms with Crippen molar-refractivity contribution in [2.75, 3.05) is 0 Å². The van der Waals surface area contributed by atoms with Crippen molar-refractivity contribution in [2.24, 2.45) is 0 Å².